The summed E-state index contributed by atoms with van der Waals surface area (Å²) in [5.74, 6) is -1.43. The fourth-order valence-corrected chi connectivity index (χ4v) is 5.47. The van der Waals surface area contributed by atoms with Crippen molar-refractivity contribution in [3.63, 3.8) is 0 Å². The lowest BCUT2D eigenvalue weighted by molar-refractivity contribution is -0.137. The molecule has 3 aromatic rings. The molecule has 2 bridgehead atoms. The molecule has 2 aliphatic rings. The molecule has 0 unspecified atom stereocenters. The van der Waals surface area contributed by atoms with Gasteiger partial charge in [-0.2, -0.15) is 0 Å². The molecule has 2 aromatic carbocycles. The number of aromatic nitrogens is 3. The number of nitrogens with zero attached hydrogens (tertiary/aromatic N) is 4. The van der Waals surface area contributed by atoms with Crippen LogP contribution in [-0.2, 0) is 29.0 Å². The van der Waals surface area contributed by atoms with Gasteiger partial charge in [-0.3, -0.25) is 19.1 Å². The number of hydrogen-bond acceptors (Lipinski definition) is 5. The van der Waals surface area contributed by atoms with Gasteiger partial charge in [-0.05, 0) is 43.0 Å². The number of fused-ring (bicyclic) bond motifs is 2. The van der Waals surface area contributed by atoms with Crippen LogP contribution >= 0.6 is 11.6 Å². The number of likely N-dealkylation sites (tertiary alicyclic amines) is 1. The van der Waals surface area contributed by atoms with E-state index in [0.29, 0.717) is 50.9 Å². The van der Waals surface area contributed by atoms with Gasteiger partial charge in [0.25, 0.3) is 5.91 Å². The van der Waals surface area contributed by atoms with Crippen molar-refractivity contribution in [3.05, 3.63) is 82.4 Å². The van der Waals surface area contributed by atoms with Crippen molar-refractivity contribution in [3.8, 4) is 0 Å². The standard InChI is InChI=1S/C28H30ClFN6O3/c29-23-8-7-20(30)16-22(23)26(38)35-13-9-28(10-14-35)17-21-18-36(34-33-21)12-4-11-31-25(37)24(32-27(28)39)15-19-5-2-1-3-6-19/h1-3,5-8,16,18,24H,4,9-15,17H2,(H,31,37)(H,32,39)/t24-/m0/s1. The first-order chi connectivity index (χ1) is 18.8. The van der Waals surface area contributed by atoms with Gasteiger partial charge in [0.15, 0.2) is 0 Å². The molecule has 11 heteroatoms. The second-order valence-electron chi connectivity index (χ2n) is 10.2. The number of rotatable bonds is 3. The van der Waals surface area contributed by atoms with Gasteiger partial charge >= 0.3 is 0 Å². The van der Waals surface area contributed by atoms with Crippen LogP contribution < -0.4 is 10.6 Å². The first kappa shape index (κ1) is 26.8. The number of nitrogens with one attached hydrogen (secondary N) is 2. The van der Waals surface area contributed by atoms with Crippen molar-refractivity contribution < 1.29 is 18.8 Å². The molecule has 9 nitrogen and oxygen atoms in total. The van der Waals surface area contributed by atoms with Crippen molar-refractivity contribution >= 4 is 29.3 Å². The fourth-order valence-electron chi connectivity index (χ4n) is 5.28. The Labute approximate surface area is 230 Å². The summed E-state index contributed by atoms with van der Waals surface area (Å²) in [6, 6.07) is 12.5. The van der Waals surface area contributed by atoms with Gasteiger partial charge in [0.2, 0.25) is 11.8 Å². The van der Waals surface area contributed by atoms with E-state index in [1.54, 1.807) is 9.58 Å². The first-order valence-corrected chi connectivity index (χ1v) is 13.5. The van der Waals surface area contributed by atoms with Crippen LogP contribution in [-0.4, -0.2) is 63.3 Å². The zero-order chi connectivity index (χ0) is 27.4. The Morgan fingerprint density at radius 1 is 1.10 bits per heavy atom. The van der Waals surface area contributed by atoms with Gasteiger partial charge in [0.05, 0.1) is 21.7 Å². The second kappa shape index (κ2) is 11.5. The third-order valence-electron chi connectivity index (χ3n) is 7.52. The van der Waals surface area contributed by atoms with E-state index in [-0.39, 0.29) is 41.4 Å². The number of carbonyl (C=O) groups excluding carboxylic acids is 3. The Hall–Kier alpha value is -3.79. The Morgan fingerprint density at radius 2 is 1.87 bits per heavy atom. The van der Waals surface area contributed by atoms with Crippen molar-refractivity contribution in [2.24, 2.45) is 5.41 Å². The summed E-state index contributed by atoms with van der Waals surface area (Å²) in [6.45, 7) is 1.56. The van der Waals surface area contributed by atoms with Crippen molar-refractivity contribution in [1.29, 1.82) is 0 Å². The van der Waals surface area contributed by atoms with Crippen molar-refractivity contribution in [1.82, 2.24) is 30.5 Å². The molecule has 2 aliphatic heterocycles. The number of hydrogen-bond donors (Lipinski definition) is 2. The predicted molar refractivity (Wildman–Crippen MR) is 142 cm³/mol. The van der Waals surface area contributed by atoms with E-state index in [1.165, 1.54) is 12.1 Å². The second-order valence-corrected chi connectivity index (χ2v) is 10.6. The molecule has 3 heterocycles. The lowest BCUT2D eigenvalue weighted by atomic mass is 9.73. The van der Waals surface area contributed by atoms with E-state index in [0.717, 1.165) is 11.6 Å². The van der Waals surface area contributed by atoms with E-state index < -0.39 is 17.3 Å². The zero-order valence-electron chi connectivity index (χ0n) is 21.4. The topological polar surface area (TPSA) is 109 Å². The largest absolute Gasteiger partial charge is 0.354 e. The van der Waals surface area contributed by atoms with Crippen molar-refractivity contribution in [2.75, 3.05) is 19.6 Å². The molecule has 3 amide bonds. The summed E-state index contributed by atoms with van der Waals surface area (Å²) in [5, 5.41) is 14.6. The molecule has 1 fully saturated rings. The van der Waals surface area contributed by atoms with E-state index in [1.807, 2.05) is 36.5 Å². The van der Waals surface area contributed by atoms with Gasteiger partial charge in [0, 0.05) is 45.2 Å². The summed E-state index contributed by atoms with van der Waals surface area (Å²) in [4.78, 5) is 41.9. The zero-order valence-corrected chi connectivity index (χ0v) is 22.2. The molecular formula is C28H30ClFN6O3. The minimum Gasteiger partial charge on any atom is -0.354 e. The van der Waals surface area contributed by atoms with Gasteiger partial charge in [-0.15, -0.1) is 5.10 Å². The molecule has 1 aromatic heterocycles. The van der Waals surface area contributed by atoms with Crippen LogP contribution in [0.15, 0.2) is 54.7 Å². The Bertz CT molecular complexity index is 1360. The average molecular weight is 553 g/mol. The first-order valence-electron chi connectivity index (χ1n) is 13.1. The minimum atomic E-state index is -0.910. The SMILES string of the molecule is O=C1NCCCn2cc(nn2)CC2(CCN(C(=O)c3cc(F)ccc3Cl)CC2)C(=O)N[C@H]1Cc1ccccc1. The lowest BCUT2D eigenvalue weighted by Crippen LogP contribution is -2.56. The number of aryl methyl sites for hydroxylation is 1. The van der Waals surface area contributed by atoms with Crippen LogP contribution in [0.2, 0.25) is 5.02 Å². The summed E-state index contributed by atoms with van der Waals surface area (Å²) < 4.78 is 15.5. The molecule has 39 heavy (non-hydrogen) atoms. The molecule has 0 aliphatic carbocycles. The monoisotopic (exact) mass is 552 g/mol. The van der Waals surface area contributed by atoms with E-state index in [2.05, 4.69) is 20.9 Å². The maximum Gasteiger partial charge on any atom is 0.255 e. The van der Waals surface area contributed by atoms with Crippen molar-refractivity contribution in [2.45, 2.75) is 44.7 Å². The molecular weight excluding hydrogens is 523 g/mol. The van der Waals surface area contributed by atoms with Crippen LogP contribution in [0.1, 0.15) is 40.9 Å². The van der Waals surface area contributed by atoms with Crippen LogP contribution in [0.25, 0.3) is 0 Å². The van der Waals surface area contributed by atoms with Crippen LogP contribution in [0.5, 0.6) is 0 Å². The van der Waals surface area contributed by atoms with E-state index in [4.69, 9.17) is 11.6 Å². The third-order valence-corrected chi connectivity index (χ3v) is 7.85. The number of halogens is 2. The van der Waals surface area contributed by atoms with Crippen LogP contribution in [0.3, 0.4) is 0 Å². The summed E-state index contributed by atoms with van der Waals surface area (Å²) in [5.41, 5.74) is 0.795. The summed E-state index contributed by atoms with van der Waals surface area (Å²) in [6.07, 6.45) is 3.85. The highest BCUT2D eigenvalue weighted by atomic mass is 35.5. The molecule has 1 spiro atoms. The number of benzene rings is 2. The summed E-state index contributed by atoms with van der Waals surface area (Å²) >= 11 is 6.18. The Kier molecular flexibility index (Phi) is 7.92. The van der Waals surface area contributed by atoms with E-state index in [9.17, 15) is 18.8 Å². The molecule has 2 N–H and O–H groups in total. The minimum absolute atomic E-state index is 0.0922. The van der Waals surface area contributed by atoms with Crippen LogP contribution in [0, 0.1) is 11.2 Å². The predicted octanol–water partition coefficient (Wildman–Crippen LogP) is 2.78. The van der Waals surface area contributed by atoms with Gasteiger partial charge in [-0.25, -0.2) is 4.39 Å². The maximum absolute atomic E-state index is 14.0. The van der Waals surface area contributed by atoms with Crippen LogP contribution in [0.4, 0.5) is 4.39 Å². The third kappa shape index (κ3) is 6.11. The highest BCUT2D eigenvalue weighted by Crippen LogP contribution is 2.36. The number of amides is 3. The van der Waals surface area contributed by atoms with Gasteiger partial charge < -0.3 is 15.5 Å². The van der Waals surface area contributed by atoms with E-state index >= 15 is 0 Å². The summed E-state index contributed by atoms with van der Waals surface area (Å²) in [7, 11) is 0. The lowest BCUT2D eigenvalue weighted by Gasteiger charge is -2.41. The highest BCUT2D eigenvalue weighted by molar-refractivity contribution is 6.33. The quantitative estimate of drug-likeness (QED) is 0.519. The highest BCUT2D eigenvalue weighted by Gasteiger charge is 2.44. The molecule has 1 saturated heterocycles. The maximum atomic E-state index is 14.0. The molecule has 1 atom stereocenters. The average Bonchev–Trinajstić information content (AvgIpc) is 3.39. The van der Waals surface area contributed by atoms with Gasteiger partial charge in [-0.1, -0.05) is 47.1 Å². The normalized spacial score (nSPS) is 19.8. The Morgan fingerprint density at radius 3 is 2.64 bits per heavy atom. The smallest absolute Gasteiger partial charge is 0.255 e. The molecule has 0 radical (unpaired) electrons. The number of piperidine rings is 1. The number of carbonyl (C=O) groups is 3. The molecule has 0 saturated carbocycles. The molecule has 5 rings (SSSR count). The van der Waals surface area contributed by atoms with Gasteiger partial charge in [0.1, 0.15) is 11.9 Å². The Balaban J connectivity index is 1.40. The fraction of sp³-hybridized carbons (Fsp3) is 0.393. The molecule has 204 valence electrons.